The molecule has 6 nitrogen and oxygen atoms in total. The second-order valence-electron chi connectivity index (χ2n) is 8.42. The van der Waals surface area contributed by atoms with Gasteiger partial charge in [0.15, 0.2) is 10.7 Å². The van der Waals surface area contributed by atoms with E-state index < -0.39 is 0 Å². The second kappa shape index (κ2) is 11.1. The molecule has 180 valence electrons. The van der Waals surface area contributed by atoms with Crippen LogP contribution in [0, 0.1) is 0 Å². The molecule has 1 amide bonds. The van der Waals surface area contributed by atoms with Gasteiger partial charge in [0.1, 0.15) is 11.3 Å². The highest BCUT2D eigenvalue weighted by Crippen LogP contribution is 2.28. The summed E-state index contributed by atoms with van der Waals surface area (Å²) in [6.45, 7) is 7.02. The third-order valence-electron chi connectivity index (χ3n) is 5.78. The summed E-state index contributed by atoms with van der Waals surface area (Å²) >= 11 is 5.32. The molecule has 4 rings (SSSR count). The van der Waals surface area contributed by atoms with Crippen LogP contribution in [0.3, 0.4) is 0 Å². The normalized spacial score (nSPS) is 11.7. The van der Waals surface area contributed by atoms with Crippen LogP contribution in [0.15, 0.2) is 71.1 Å². The van der Waals surface area contributed by atoms with Crippen LogP contribution in [-0.4, -0.2) is 22.6 Å². The van der Waals surface area contributed by atoms with Crippen molar-refractivity contribution in [3.05, 3.63) is 77.9 Å². The number of thiocarbonyl (C=S) groups is 1. The summed E-state index contributed by atoms with van der Waals surface area (Å²) < 4.78 is 11.5. The molecular formula is C28H29N3O3S. The molecule has 0 spiro atoms. The minimum Gasteiger partial charge on any atom is -0.494 e. The van der Waals surface area contributed by atoms with Crippen LogP contribution < -0.4 is 15.4 Å². The SMILES string of the molecule is CCCOc1cccc(C(=O)NC(=S)Nc2ccc(-c3nc4cc(C(C)CC)ccc4o3)cc2)c1. The number of nitrogens with zero attached hydrogens (tertiary/aromatic N) is 1. The van der Waals surface area contributed by atoms with Gasteiger partial charge in [-0.2, -0.15) is 0 Å². The highest BCUT2D eigenvalue weighted by atomic mass is 32.1. The van der Waals surface area contributed by atoms with E-state index in [9.17, 15) is 4.79 Å². The van der Waals surface area contributed by atoms with Gasteiger partial charge in [0.2, 0.25) is 5.89 Å². The molecule has 1 unspecified atom stereocenters. The molecule has 0 fully saturated rings. The van der Waals surface area contributed by atoms with E-state index in [1.807, 2.05) is 43.3 Å². The zero-order valence-corrected chi connectivity index (χ0v) is 20.9. The second-order valence-corrected chi connectivity index (χ2v) is 8.83. The van der Waals surface area contributed by atoms with Crippen molar-refractivity contribution in [2.45, 2.75) is 39.5 Å². The number of hydrogen-bond acceptors (Lipinski definition) is 5. The van der Waals surface area contributed by atoms with Gasteiger partial charge in [0.05, 0.1) is 6.61 Å². The highest BCUT2D eigenvalue weighted by Gasteiger charge is 2.12. The van der Waals surface area contributed by atoms with Gasteiger partial charge >= 0.3 is 0 Å². The minimum absolute atomic E-state index is 0.210. The molecule has 0 saturated heterocycles. The van der Waals surface area contributed by atoms with Gasteiger partial charge in [-0.25, -0.2) is 4.98 Å². The Morgan fingerprint density at radius 2 is 1.89 bits per heavy atom. The van der Waals surface area contributed by atoms with Gasteiger partial charge in [0, 0.05) is 16.8 Å². The molecule has 0 radical (unpaired) electrons. The van der Waals surface area contributed by atoms with Crippen LogP contribution >= 0.6 is 12.2 Å². The quantitative estimate of drug-likeness (QED) is 0.263. The number of hydrogen-bond donors (Lipinski definition) is 2. The third-order valence-corrected chi connectivity index (χ3v) is 5.98. The molecule has 0 aliphatic rings. The fraction of sp³-hybridized carbons (Fsp3) is 0.250. The molecule has 1 heterocycles. The number of oxazole rings is 1. The van der Waals surface area contributed by atoms with E-state index in [0.29, 0.717) is 29.7 Å². The highest BCUT2D eigenvalue weighted by molar-refractivity contribution is 7.80. The molecule has 1 aromatic heterocycles. The van der Waals surface area contributed by atoms with Crippen molar-refractivity contribution in [1.82, 2.24) is 10.3 Å². The first-order valence-corrected chi connectivity index (χ1v) is 12.2. The number of fused-ring (bicyclic) bond motifs is 1. The van der Waals surface area contributed by atoms with Gasteiger partial charge in [-0.1, -0.05) is 32.9 Å². The number of carbonyl (C=O) groups excluding carboxylic acids is 1. The van der Waals surface area contributed by atoms with Crippen molar-refractivity contribution in [3.8, 4) is 17.2 Å². The summed E-state index contributed by atoms with van der Waals surface area (Å²) in [4.78, 5) is 17.2. The zero-order chi connectivity index (χ0) is 24.8. The summed E-state index contributed by atoms with van der Waals surface area (Å²) in [6.07, 6.45) is 1.97. The van der Waals surface area contributed by atoms with E-state index in [2.05, 4.69) is 41.6 Å². The van der Waals surface area contributed by atoms with Gasteiger partial charge in [-0.05, 0) is 91.1 Å². The summed E-state index contributed by atoms with van der Waals surface area (Å²) in [5, 5.41) is 5.96. The first-order chi connectivity index (χ1) is 17.0. The molecule has 0 aliphatic heterocycles. The monoisotopic (exact) mass is 487 g/mol. The molecule has 4 aromatic rings. The van der Waals surface area contributed by atoms with Crippen molar-refractivity contribution < 1.29 is 13.9 Å². The first-order valence-electron chi connectivity index (χ1n) is 11.8. The summed E-state index contributed by atoms with van der Waals surface area (Å²) in [5.41, 5.74) is 4.96. The Balaban J connectivity index is 1.39. The number of carbonyl (C=O) groups is 1. The fourth-order valence-corrected chi connectivity index (χ4v) is 3.80. The average Bonchev–Trinajstić information content (AvgIpc) is 3.31. The van der Waals surface area contributed by atoms with Crippen molar-refractivity contribution in [2.24, 2.45) is 0 Å². The largest absolute Gasteiger partial charge is 0.494 e. The van der Waals surface area contributed by atoms with E-state index in [-0.39, 0.29) is 11.0 Å². The maximum absolute atomic E-state index is 12.6. The van der Waals surface area contributed by atoms with Crippen molar-refractivity contribution in [1.29, 1.82) is 0 Å². The van der Waals surface area contributed by atoms with Crippen LogP contribution in [0.5, 0.6) is 5.75 Å². The molecule has 3 aromatic carbocycles. The van der Waals surface area contributed by atoms with Crippen molar-refractivity contribution in [3.63, 3.8) is 0 Å². The van der Waals surface area contributed by atoms with Crippen LogP contribution in [-0.2, 0) is 0 Å². The molecule has 1 atom stereocenters. The van der Waals surface area contributed by atoms with E-state index in [0.717, 1.165) is 35.2 Å². The van der Waals surface area contributed by atoms with Gasteiger partial charge in [-0.15, -0.1) is 0 Å². The standard InChI is InChI=1S/C28H29N3O3S/c1-4-15-33-23-8-6-7-21(16-23)26(32)31-28(35)29-22-12-9-19(10-13-22)27-30-24-17-20(18(3)5-2)11-14-25(24)34-27/h6-14,16-18H,4-5,15H2,1-3H3,(H2,29,31,32,35). The number of rotatable bonds is 8. The fourth-order valence-electron chi connectivity index (χ4n) is 3.59. The predicted molar refractivity (Wildman–Crippen MR) is 144 cm³/mol. The molecule has 35 heavy (non-hydrogen) atoms. The Morgan fingerprint density at radius 1 is 1.09 bits per heavy atom. The Hall–Kier alpha value is -3.71. The van der Waals surface area contributed by atoms with Crippen LogP contribution in [0.1, 0.15) is 55.5 Å². The van der Waals surface area contributed by atoms with Crippen LogP contribution in [0.4, 0.5) is 5.69 Å². The molecule has 7 heteroatoms. The number of aromatic nitrogens is 1. The lowest BCUT2D eigenvalue weighted by Gasteiger charge is -2.11. The van der Waals surface area contributed by atoms with Gasteiger partial charge < -0.3 is 14.5 Å². The van der Waals surface area contributed by atoms with E-state index in [4.69, 9.17) is 21.4 Å². The lowest BCUT2D eigenvalue weighted by Crippen LogP contribution is -2.34. The number of benzene rings is 3. The van der Waals surface area contributed by atoms with E-state index >= 15 is 0 Å². The molecule has 0 bridgehead atoms. The lowest BCUT2D eigenvalue weighted by atomic mass is 9.98. The van der Waals surface area contributed by atoms with E-state index in [1.54, 1.807) is 18.2 Å². The Morgan fingerprint density at radius 3 is 2.63 bits per heavy atom. The number of nitrogens with one attached hydrogen (secondary N) is 2. The molecule has 2 N–H and O–H groups in total. The Labute approximate surface area is 210 Å². The van der Waals surface area contributed by atoms with Crippen molar-refractivity contribution in [2.75, 3.05) is 11.9 Å². The summed E-state index contributed by atoms with van der Waals surface area (Å²) in [5.74, 6) is 1.40. The first kappa shape index (κ1) is 24.4. The maximum atomic E-state index is 12.6. The molecule has 0 saturated carbocycles. The third kappa shape index (κ3) is 6.05. The van der Waals surface area contributed by atoms with Gasteiger partial charge in [0.25, 0.3) is 5.91 Å². The Kier molecular flexibility index (Phi) is 7.77. The smallest absolute Gasteiger partial charge is 0.257 e. The topological polar surface area (TPSA) is 76.4 Å². The lowest BCUT2D eigenvalue weighted by molar-refractivity contribution is 0.0977. The van der Waals surface area contributed by atoms with Crippen molar-refractivity contribution >= 4 is 40.0 Å². The minimum atomic E-state index is -0.302. The van der Waals surface area contributed by atoms with Crippen LogP contribution in [0.2, 0.25) is 0 Å². The van der Waals surface area contributed by atoms with Gasteiger partial charge in [-0.3, -0.25) is 10.1 Å². The maximum Gasteiger partial charge on any atom is 0.257 e. The predicted octanol–water partition coefficient (Wildman–Crippen LogP) is 6.92. The van der Waals surface area contributed by atoms with Crippen LogP contribution in [0.25, 0.3) is 22.6 Å². The summed E-state index contributed by atoms with van der Waals surface area (Å²) in [6, 6.07) is 20.8. The number of anilines is 1. The zero-order valence-electron chi connectivity index (χ0n) is 20.1. The molecular weight excluding hydrogens is 458 g/mol. The number of amides is 1. The van der Waals surface area contributed by atoms with E-state index in [1.165, 1.54) is 5.56 Å². The number of ether oxygens (including phenoxy) is 1. The average molecular weight is 488 g/mol. The molecule has 0 aliphatic carbocycles. The Bertz CT molecular complexity index is 1330. The summed E-state index contributed by atoms with van der Waals surface area (Å²) in [7, 11) is 0.